The molecule has 5 aromatic rings. The lowest BCUT2D eigenvalue weighted by atomic mass is 9.86. The van der Waals surface area contributed by atoms with Gasteiger partial charge in [-0.15, -0.1) is 0 Å². The summed E-state index contributed by atoms with van der Waals surface area (Å²) in [7, 11) is 1.94. The number of nitrogens with zero attached hydrogens (tertiary/aromatic N) is 4. The maximum Gasteiger partial charge on any atom is 0.164 e. The number of hydrogen-bond acceptors (Lipinski definition) is 4. The number of ether oxygens (including phenoxy) is 1. The molecule has 0 amide bonds. The Hall–Kier alpha value is -3.62. The van der Waals surface area contributed by atoms with Gasteiger partial charge >= 0.3 is 0 Å². The van der Waals surface area contributed by atoms with Crippen molar-refractivity contribution in [3.05, 3.63) is 83.4 Å². The van der Waals surface area contributed by atoms with E-state index in [1.54, 1.807) is 32.3 Å². The number of imidazole rings is 1. The average Bonchev–Trinajstić information content (AvgIpc) is 3.42. The zero-order chi connectivity index (χ0) is 27.5. The van der Waals surface area contributed by atoms with E-state index in [-0.39, 0.29) is 5.92 Å². The number of aryl methyl sites for hydroxylation is 2. The maximum atomic E-state index is 15.6. The molecule has 1 atom stereocenters. The van der Waals surface area contributed by atoms with Gasteiger partial charge in [-0.1, -0.05) is 24.3 Å². The van der Waals surface area contributed by atoms with Gasteiger partial charge < -0.3 is 19.0 Å². The smallest absolute Gasteiger partial charge is 0.164 e. The van der Waals surface area contributed by atoms with Crippen molar-refractivity contribution in [2.45, 2.75) is 45.3 Å². The number of rotatable bonds is 5. The molecule has 6 nitrogen and oxygen atoms in total. The highest BCUT2D eigenvalue weighted by atomic mass is 19.2. The van der Waals surface area contributed by atoms with Crippen molar-refractivity contribution < 1.29 is 18.6 Å². The van der Waals surface area contributed by atoms with Gasteiger partial charge in [0.15, 0.2) is 11.6 Å². The maximum absolute atomic E-state index is 15.6. The van der Waals surface area contributed by atoms with Crippen molar-refractivity contribution in [1.82, 2.24) is 19.1 Å². The number of benzene rings is 2. The summed E-state index contributed by atoms with van der Waals surface area (Å²) in [6.45, 7) is 6.55. The Bertz CT molecular complexity index is 1670. The lowest BCUT2D eigenvalue weighted by Gasteiger charge is -2.33. The minimum Gasteiger partial charge on any atom is -0.386 e. The molecule has 0 saturated carbocycles. The van der Waals surface area contributed by atoms with E-state index in [1.165, 1.54) is 0 Å². The molecule has 1 aliphatic heterocycles. The Balaban J connectivity index is 1.72. The summed E-state index contributed by atoms with van der Waals surface area (Å²) in [6.07, 6.45) is 5.03. The highest BCUT2D eigenvalue weighted by Gasteiger charge is 2.33. The number of aromatic nitrogens is 4. The predicted molar refractivity (Wildman–Crippen MR) is 147 cm³/mol. The molecule has 8 heteroatoms. The van der Waals surface area contributed by atoms with Gasteiger partial charge in [0, 0.05) is 43.0 Å². The second-order valence-corrected chi connectivity index (χ2v) is 11.1. The van der Waals surface area contributed by atoms with E-state index in [2.05, 4.69) is 15.6 Å². The molecule has 4 heterocycles. The third-order valence-corrected chi connectivity index (χ3v) is 8.03. The van der Waals surface area contributed by atoms with Crippen molar-refractivity contribution in [2.24, 2.45) is 13.0 Å². The Labute approximate surface area is 225 Å². The van der Waals surface area contributed by atoms with E-state index in [0.717, 1.165) is 50.5 Å². The fraction of sp³-hybridized carbons (Fsp3) is 0.355. The van der Waals surface area contributed by atoms with Crippen LogP contribution in [0.25, 0.3) is 33.2 Å². The van der Waals surface area contributed by atoms with Crippen LogP contribution in [0.2, 0.25) is 0 Å². The molecule has 0 radical (unpaired) electrons. The van der Waals surface area contributed by atoms with Crippen LogP contribution in [0, 0.1) is 24.5 Å². The Morgan fingerprint density at radius 1 is 1.05 bits per heavy atom. The third-order valence-electron chi connectivity index (χ3n) is 8.03. The minimum absolute atomic E-state index is 0.00161. The molecular weight excluding hydrogens is 498 g/mol. The van der Waals surface area contributed by atoms with E-state index >= 15 is 4.39 Å². The highest BCUT2D eigenvalue weighted by Crippen LogP contribution is 2.43. The molecule has 0 bridgehead atoms. The van der Waals surface area contributed by atoms with Crippen LogP contribution in [0.1, 0.15) is 49.6 Å². The van der Waals surface area contributed by atoms with E-state index in [0.29, 0.717) is 31.6 Å². The monoisotopic (exact) mass is 530 g/mol. The standard InChI is InChI=1S/C31H32F2N4O2/c1-18-29(36(4)17-35-18)20-14-26-28(34-16-20)22-9-8-21(31(2,3)38)15-25(22)37(26)30(19-10-12-39-13-11-19)23-6-5-7-24(32)27(23)33/h5-9,14-17,19,30,38H,10-13H2,1-4H3. The Morgan fingerprint density at radius 3 is 2.51 bits per heavy atom. The first kappa shape index (κ1) is 25.6. The number of hydrogen-bond donors (Lipinski definition) is 1. The summed E-state index contributed by atoms with van der Waals surface area (Å²) in [5, 5.41) is 11.8. The molecule has 2 aromatic carbocycles. The van der Waals surface area contributed by atoms with Gasteiger partial charge in [-0.2, -0.15) is 0 Å². The van der Waals surface area contributed by atoms with Gasteiger partial charge in [0.25, 0.3) is 0 Å². The van der Waals surface area contributed by atoms with Crippen LogP contribution in [-0.2, 0) is 17.4 Å². The normalized spacial score (nSPS) is 15.9. The molecule has 1 fully saturated rings. The molecule has 1 unspecified atom stereocenters. The van der Waals surface area contributed by atoms with Gasteiger partial charge in [0.05, 0.1) is 45.9 Å². The van der Waals surface area contributed by atoms with E-state index in [9.17, 15) is 9.50 Å². The van der Waals surface area contributed by atoms with E-state index in [4.69, 9.17) is 9.72 Å². The summed E-state index contributed by atoms with van der Waals surface area (Å²) >= 11 is 0. The first-order valence-electron chi connectivity index (χ1n) is 13.3. The molecule has 6 rings (SSSR count). The van der Waals surface area contributed by atoms with Crippen molar-refractivity contribution in [3.63, 3.8) is 0 Å². The zero-order valence-corrected chi connectivity index (χ0v) is 22.6. The largest absolute Gasteiger partial charge is 0.386 e. The second kappa shape index (κ2) is 9.54. The molecule has 39 heavy (non-hydrogen) atoms. The Kier molecular flexibility index (Phi) is 6.27. The zero-order valence-electron chi connectivity index (χ0n) is 22.6. The molecule has 0 aliphatic carbocycles. The lowest BCUT2D eigenvalue weighted by Crippen LogP contribution is -2.28. The average molecular weight is 531 g/mol. The molecule has 1 N–H and O–H groups in total. The van der Waals surface area contributed by atoms with Crippen LogP contribution in [-0.4, -0.2) is 37.4 Å². The SMILES string of the molecule is Cc1ncn(C)c1-c1cnc2c3ccc(C(C)(C)O)cc3n(C(c3cccc(F)c3F)C3CCOCC3)c2c1. The van der Waals surface area contributed by atoms with Crippen LogP contribution >= 0.6 is 0 Å². The van der Waals surface area contributed by atoms with Crippen LogP contribution in [0.15, 0.2) is 55.0 Å². The summed E-state index contributed by atoms with van der Waals surface area (Å²) in [4.78, 5) is 9.35. The van der Waals surface area contributed by atoms with Crippen LogP contribution in [0.4, 0.5) is 8.78 Å². The number of fused-ring (bicyclic) bond motifs is 3. The minimum atomic E-state index is -1.09. The van der Waals surface area contributed by atoms with Gasteiger partial charge in [-0.05, 0) is 63.3 Å². The fourth-order valence-corrected chi connectivity index (χ4v) is 6.06. The second-order valence-electron chi connectivity index (χ2n) is 11.1. The first-order chi connectivity index (χ1) is 18.6. The first-order valence-corrected chi connectivity index (χ1v) is 13.3. The van der Waals surface area contributed by atoms with Crippen molar-refractivity contribution in [2.75, 3.05) is 13.2 Å². The molecule has 1 saturated heterocycles. The van der Waals surface area contributed by atoms with Gasteiger partial charge in [-0.25, -0.2) is 13.8 Å². The van der Waals surface area contributed by atoms with E-state index in [1.807, 2.05) is 42.9 Å². The van der Waals surface area contributed by atoms with Crippen LogP contribution in [0.3, 0.4) is 0 Å². The van der Waals surface area contributed by atoms with Crippen molar-refractivity contribution in [1.29, 1.82) is 0 Å². The van der Waals surface area contributed by atoms with Crippen molar-refractivity contribution in [3.8, 4) is 11.3 Å². The highest BCUT2D eigenvalue weighted by molar-refractivity contribution is 6.07. The quantitative estimate of drug-likeness (QED) is 0.285. The summed E-state index contributed by atoms with van der Waals surface area (Å²) in [5.41, 5.74) is 5.05. The third kappa shape index (κ3) is 4.32. The number of halogens is 2. The fourth-order valence-electron chi connectivity index (χ4n) is 6.06. The molecule has 0 spiro atoms. The van der Waals surface area contributed by atoms with Crippen LogP contribution in [0.5, 0.6) is 0 Å². The van der Waals surface area contributed by atoms with Crippen LogP contribution < -0.4 is 0 Å². The number of aliphatic hydroxyl groups is 1. The summed E-state index contributed by atoms with van der Waals surface area (Å²) in [5.74, 6) is -1.71. The summed E-state index contributed by atoms with van der Waals surface area (Å²) < 4.78 is 40.0. The Morgan fingerprint density at radius 2 is 1.82 bits per heavy atom. The molecule has 1 aliphatic rings. The van der Waals surface area contributed by atoms with Gasteiger partial charge in [0.2, 0.25) is 0 Å². The van der Waals surface area contributed by atoms with E-state index < -0.39 is 23.3 Å². The van der Waals surface area contributed by atoms with Gasteiger partial charge in [0.1, 0.15) is 0 Å². The topological polar surface area (TPSA) is 65.1 Å². The number of pyridine rings is 1. The summed E-state index contributed by atoms with van der Waals surface area (Å²) in [6, 6.07) is 11.8. The van der Waals surface area contributed by atoms with Crippen molar-refractivity contribution >= 4 is 21.9 Å². The molecule has 202 valence electrons. The molecule has 3 aromatic heterocycles. The predicted octanol–water partition coefficient (Wildman–Crippen LogP) is 6.42. The molecular formula is C31H32F2N4O2. The lowest BCUT2D eigenvalue weighted by molar-refractivity contribution is 0.0547. The van der Waals surface area contributed by atoms with Gasteiger partial charge in [-0.3, -0.25) is 4.98 Å².